The number of ether oxygens (including phenoxy) is 1. The zero-order valence-corrected chi connectivity index (χ0v) is 18.6. The van der Waals surface area contributed by atoms with Gasteiger partial charge in [-0.15, -0.1) is 11.3 Å². The quantitative estimate of drug-likeness (QED) is 0.655. The Kier molecular flexibility index (Phi) is 7.05. The molecule has 3 amide bonds. The maximum absolute atomic E-state index is 12.6. The topological polar surface area (TPSA) is 105 Å². The van der Waals surface area contributed by atoms with Crippen molar-refractivity contribution < 1.29 is 23.9 Å². The monoisotopic (exact) mass is 423 g/mol. The molecule has 1 saturated carbocycles. The molecular weight excluding hydrogens is 394 g/mol. The van der Waals surface area contributed by atoms with E-state index in [1.807, 2.05) is 27.7 Å². The summed E-state index contributed by atoms with van der Waals surface area (Å²) >= 11 is 1.32. The second-order valence-electron chi connectivity index (χ2n) is 8.38. The van der Waals surface area contributed by atoms with Gasteiger partial charge in [-0.3, -0.25) is 14.4 Å². The lowest BCUT2D eigenvalue weighted by Crippen LogP contribution is -2.46. The van der Waals surface area contributed by atoms with Gasteiger partial charge < -0.3 is 20.3 Å². The molecule has 1 aliphatic carbocycles. The van der Waals surface area contributed by atoms with Crippen LogP contribution in [0.1, 0.15) is 54.4 Å². The van der Waals surface area contributed by atoms with Crippen LogP contribution >= 0.6 is 11.3 Å². The highest BCUT2D eigenvalue weighted by Gasteiger charge is 2.32. The zero-order chi connectivity index (χ0) is 21.9. The van der Waals surface area contributed by atoms with Gasteiger partial charge in [-0.2, -0.15) is 0 Å². The lowest BCUT2D eigenvalue weighted by atomic mass is 10.1. The smallest absolute Gasteiger partial charge is 0.341 e. The molecule has 0 saturated heterocycles. The van der Waals surface area contributed by atoms with Crippen LogP contribution in [-0.4, -0.2) is 54.3 Å². The number of rotatable bonds is 7. The molecule has 160 valence electrons. The van der Waals surface area contributed by atoms with E-state index in [1.165, 1.54) is 23.3 Å². The molecule has 1 fully saturated rings. The van der Waals surface area contributed by atoms with E-state index in [0.29, 0.717) is 5.00 Å². The second kappa shape index (κ2) is 8.94. The van der Waals surface area contributed by atoms with E-state index in [4.69, 9.17) is 4.74 Å². The van der Waals surface area contributed by atoms with Gasteiger partial charge in [0.2, 0.25) is 11.8 Å². The van der Waals surface area contributed by atoms with Gasteiger partial charge in [-0.05, 0) is 53.0 Å². The van der Waals surface area contributed by atoms with E-state index in [0.717, 1.165) is 23.3 Å². The molecule has 0 radical (unpaired) electrons. The predicted octanol–water partition coefficient (Wildman–Crippen LogP) is 2.24. The van der Waals surface area contributed by atoms with E-state index in [1.54, 1.807) is 6.92 Å². The predicted molar refractivity (Wildman–Crippen MR) is 111 cm³/mol. The van der Waals surface area contributed by atoms with Crippen LogP contribution < -0.4 is 10.6 Å². The molecule has 1 aromatic rings. The third kappa shape index (κ3) is 6.56. The lowest BCUT2D eigenvalue weighted by molar-refractivity contribution is -0.137. The Hall–Kier alpha value is -2.42. The van der Waals surface area contributed by atoms with Crippen LogP contribution in [0.5, 0.6) is 0 Å². The summed E-state index contributed by atoms with van der Waals surface area (Å²) in [6, 6.07) is 0. The molecule has 9 heteroatoms. The Morgan fingerprint density at radius 3 is 2.34 bits per heavy atom. The minimum atomic E-state index is -0.668. The first-order valence-electron chi connectivity index (χ1n) is 9.52. The summed E-state index contributed by atoms with van der Waals surface area (Å²) < 4.78 is 5.18. The molecule has 0 bridgehead atoms. The largest absolute Gasteiger partial charge is 0.452 e. The molecule has 0 aromatic carbocycles. The number of carbonyl (C=O) groups excluding carboxylic acids is 4. The first kappa shape index (κ1) is 22.9. The summed E-state index contributed by atoms with van der Waals surface area (Å²) in [4.78, 5) is 50.9. The van der Waals surface area contributed by atoms with Gasteiger partial charge >= 0.3 is 5.97 Å². The minimum absolute atomic E-state index is 0.0102. The number of amides is 3. The standard InChI is InChI=1S/C20H29N3O5S/c1-11-12(2)29-18(21-17(26)13-7-8-13)16(11)19(27)28-10-15(25)23(6)9-14(24)22-20(3,4)5/h13H,7-10H2,1-6H3,(H,21,26)(H,22,24). The number of nitrogens with zero attached hydrogens (tertiary/aromatic N) is 1. The van der Waals surface area contributed by atoms with Gasteiger partial charge in [-0.1, -0.05) is 0 Å². The first-order valence-corrected chi connectivity index (χ1v) is 10.3. The third-order valence-corrected chi connectivity index (χ3v) is 5.54. The number of hydrogen-bond acceptors (Lipinski definition) is 6. The summed E-state index contributed by atoms with van der Waals surface area (Å²) in [7, 11) is 1.47. The van der Waals surface area contributed by atoms with Crippen LogP contribution in [0.25, 0.3) is 0 Å². The van der Waals surface area contributed by atoms with Crippen molar-refractivity contribution in [3.8, 4) is 0 Å². The van der Waals surface area contributed by atoms with Crippen molar-refractivity contribution in [2.24, 2.45) is 5.92 Å². The highest BCUT2D eigenvalue weighted by Crippen LogP contribution is 2.36. The van der Waals surface area contributed by atoms with Crippen LogP contribution in [0, 0.1) is 19.8 Å². The van der Waals surface area contributed by atoms with Crippen molar-refractivity contribution in [3.63, 3.8) is 0 Å². The number of nitrogens with one attached hydrogen (secondary N) is 2. The van der Waals surface area contributed by atoms with Gasteiger partial charge in [0.05, 0.1) is 12.1 Å². The maximum atomic E-state index is 12.6. The summed E-state index contributed by atoms with van der Waals surface area (Å²) in [5.74, 6) is -1.54. The van der Waals surface area contributed by atoms with E-state index in [-0.39, 0.29) is 29.8 Å². The fraction of sp³-hybridized carbons (Fsp3) is 0.600. The molecule has 8 nitrogen and oxygen atoms in total. The number of likely N-dealkylation sites (N-methyl/N-ethyl adjacent to an activating group) is 1. The Labute approximate surface area is 175 Å². The number of aryl methyl sites for hydroxylation is 1. The molecule has 1 aromatic heterocycles. The van der Waals surface area contributed by atoms with E-state index >= 15 is 0 Å². The van der Waals surface area contributed by atoms with Crippen LogP contribution in [0.3, 0.4) is 0 Å². The molecular formula is C20H29N3O5S. The van der Waals surface area contributed by atoms with E-state index in [2.05, 4.69) is 10.6 Å². The van der Waals surface area contributed by atoms with Crippen molar-refractivity contribution >= 4 is 40.0 Å². The Balaban J connectivity index is 1.95. The van der Waals surface area contributed by atoms with Gasteiger partial charge in [0, 0.05) is 23.4 Å². The number of hydrogen-bond donors (Lipinski definition) is 2. The summed E-state index contributed by atoms with van der Waals surface area (Å²) in [5.41, 5.74) is 0.599. The van der Waals surface area contributed by atoms with Crippen molar-refractivity contribution in [2.75, 3.05) is 25.5 Å². The molecule has 0 spiro atoms. The highest BCUT2D eigenvalue weighted by atomic mass is 32.1. The van der Waals surface area contributed by atoms with Crippen molar-refractivity contribution in [1.82, 2.24) is 10.2 Å². The fourth-order valence-electron chi connectivity index (χ4n) is 2.59. The summed E-state index contributed by atoms with van der Waals surface area (Å²) in [6.45, 7) is 8.56. The molecule has 0 aliphatic heterocycles. The van der Waals surface area contributed by atoms with Crippen molar-refractivity contribution in [2.45, 2.75) is 53.0 Å². The number of esters is 1. The highest BCUT2D eigenvalue weighted by molar-refractivity contribution is 7.16. The van der Waals surface area contributed by atoms with Crippen LogP contribution in [0.15, 0.2) is 0 Å². The molecule has 29 heavy (non-hydrogen) atoms. The normalized spacial score (nSPS) is 13.6. The van der Waals surface area contributed by atoms with Crippen LogP contribution in [0.2, 0.25) is 0 Å². The second-order valence-corrected chi connectivity index (χ2v) is 9.60. The lowest BCUT2D eigenvalue weighted by Gasteiger charge is -2.23. The van der Waals surface area contributed by atoms with Gasteiger partial charge in [0.1, 0.15) is 5.00 Å². The maximum Gasteiger partial charge on any atom is 0.341 e. The SMILES string of the molecule is Cc1sc(NC(=O)C2CC2)c(C(=O)OCC(=O)N(C)CC(=O)NC(C)(C)C)c1C. The van der Waals surface area contributed by atoms with E-state index < -0.39 is 24.0 Å². The van der Waals surface area contributed by atoms with Crippen molar-refractivity contribution in [1.29, 1.82) is 0 Å². The van der Waals surface area contributed by atoms with Gasteiger partial charge in [-0.25, -0.2) is 4.79 Å². The van der Waals surface area contributed by atoms with Gasteiger partial charge in [0.25, 0.3) is 5.91 Å². The molecule has 2 rings (SSSR count). The van der Waals surface area contributed by atoms with Gasteiger partial charge in [0.15, 0.2) is 6.61 Å². The van der Waals surface area contributed by atoms with Crippen LogP contribution in [-0.2, 0) is 19.1 Å². The first-order chi connectivity index (χ1) is 13.4. The molecule has 0 unspecified atom stereocenters. The van der Waals surface area contributed by atoms with Crippen molar-refractivity contribution in [3.05, 3.63) is 16.0 Å². The summed E-state index contributed by atoms with van der Waals surface area (Å²) in [6.07, 6.45) is 1.72. The zero-order valence-electron chi connectivity index (χ0n) is 17.8. The molecule has 1 aliphatic rings. The number of anilines is 1. The average Bonchev–Trinajstić information content (AvgIpc) is 3.38. The Morgan fingerprint density at radius 1 is 1.17 bits per heavy atom. The number of carbonyl (C=O) groups is 4. The summed E-state index contributed by atoms with van der Waals surface area (Å²) in [5, 5.41) is 6.02. The number of thiophene rings is 1. The molecule has 1 heterocycles. The third-order valence-electron chi connectivity index (χ3n) is 4.42. The van der Waals surface area contributed by atoms with Crippen LogP contribution in [0.4, 0.5) is 5.00 Å². The fourth-order valence-corrected chi connectivity index (χ4v) is 3.64. The Bertz CT molecular complexity index is 821. The minimum Gasteiger partial charge on any atom is -0.452 e. The Morgan fingerprint density at radius 2 is 1.79 bits per heavy atom. The van der Waals surface area contributed by atoms with E-state index in [9.17, 15) is 19.2 Å². The molecule has 2 N–H and O–H groups in total. The average molecular weight is 424 g/mol. The molecule has 0 atom stereocenters.